The van der Waals surface area contributed by atoms with E-state index in [1.807, 2.05) is 25.3 Å². The zero-order valence-electron chi connectivity index (χ0n) is 18.7. The van der Waals surface area contributed by atoms with Crippen LogP contribution in [0.2, 0.25) is 0 Å². The first-order valence-electron chi connectivity index (χ1n) is 11.6. The predicted molar refractivity (Wildman–Crippen MR) is 129 cm³/mol. The third-order valence-corrected chi connectivity index (χ3v) is 7.80. The van der Waals surface area contributed by atoms with Crippen LogP contribution in [-0.2, 0) is 4.79 Å². The van der Waals surface area contributed by atoms with Crippen molar-refractivity contribution < 1.29 is 9.90 Å². The molecule has 172 valence electrons. The molecular weight excluding hydrogens is 434 g/mol. The number of nitrogens with zero attached hydrogens (tertiary/aromatic N) is 3. The van der Waals surface area contributed by atoms with E-state index in [9.17, 15) is 9.90 Å². The molecule has 2 fully saturated rings. The third kappa shape index (κ3) is 5.07. The van der Waals surface area contributed by atoms with Crippen molar-refractivity contribution in [1.29, 1.82) is 0 Å². The Morgan fingerprint density at radius 3 is 2.64 bits per heavy atom. The Morgan fingerprint density at radius 2 is 1.91 bits per heavy atom. The summed E-state index contributed by atoms with van der Waals surface area (Å²) in [5.41, 5.74) is 8.67. The second-order valence-electron chi connectivity index (χ2n) is 9.31. The average Bonchev–Trinajstić information content (AvgIpc) is 3.55. The van der Waals surface area contributed by atoms with Crippen molar-refractivity contribution in [3.63, 3.8) is 0 Å². The molecule has 33 heavy (non-hydrogen) atoms. The monoisotopic (exact) mass is 463 g/mol. The van der Waals surface area contributed by atoms with E-state index in [1.165, 1.54) is 29.7 Å². The van der Waals surface area contributed by atoms with Gasteiger partial charge in [0.1, 0.15) is 22.7 Å². The van der Waals surface area contributed by atoms with Crippen molar-refractivity contribution in [2.45, 2.75) is 57.5 Å². The van der Waals surface area contributed by atoms with Crippen LogP contribution < -0.4 is 11.1 Å². The van der Waals surface area contributed by atoms with Gasteiger partial charge >= 0.3 is 0 Å². The Kier molecular flexibility index (Phi) is 6.12. The standard InChI is InChI=1S/C25H29N5O2S/c1-14-10-19(29-22(11-14)30-21-12-18(8-9-27-21)15-2-3-15)20-13-28-25(33-20)23(31)16-4-6-17(7-5-16)24(26)32/h8-13,15-17,23,31H,2-7H2,1H3,(H2,26,32)(H,27,29,30). The predicted octanol–water partition coefficient (Wildman–Crippen LogP) is 4.85. The Balaban J connectivity index is 1.30. The molecule has 7 nitrogen and oxygen atoms in total. The number of carbonyl (C=O) groups is 1. The van der Waals surface area contributed by atoms with Gasteiger partial charge in [0.2, 0.25) is 5.91 Å². The molecule has 0 aromatic carbocycles. The summed E-state index contributed by atoms with van der Waals surface area (Å²) in [6.45, 7) is 2.04. The lowest BCUT2D eigenvalue weighted by atomic mass is 9.79. The number of primary amides is 1. The summed E-state index contributed by atoms with van der Waals surface area (Å²) < 4.78 is 0. The lowest BCUT2D eigenvalue weighted by Crippen LogP contribution is -2.29. The van der Waals surface area contributed by atoms with Crippen molar-refractivity contribution in [3.05, 3.63) is 52.8 Å². The van der Waals surface area contributed by atoms with Gasteiger partial charge in [-0.25, -0.2) is 15.0 Å². The molecule has 0 aliphatic heterocycles. The molecule has 0 saturated heterocycles. The van der Waals surface area contributed by atoms with Crippen molar-refractivity contribution in [1.82, 2.24) is 15.0 Å². The van der Waals surface area contributed by atoms with Crippen LogP contribution in [0.15, 0.2) is 36.7 Å². The van der Waals surface area contributed by atoms with Crippen LogP contribution in [0.25, 0.3) is 10.6 Å². The molecule has 3 aromatic heterocycles. The molecule has 1 unspecified atom stereocenters. The minimum absolute atomic E-state index is 0.0674. The fourth-order valence-electron chi connectivity index (χ4n) is 4.64. The number of aromatic nitrogens is 3. The van der Waals surface area contributed by atoms with Crippen LogP contribution in [0.1, 0.15) is 66.7 Å². The van der Waals surface area contributed by atoms with Gasteiger partial charge < -0.3 is 16.2 Å². The second kappa shape index (κ2) is 9.19. The maximum absolute atomic E-state index is 11.4. The van der Waals surface area contributed by atoms with E-state index in [0.29, 0.717) is 10.9 Å². The number of hydrogen-bond donors (Lipinski definition) is 3. The number of nitrogens with two attached hydrogens (primary N) is 1. The molecule has 1 atom stereocenters. The quantitative estimate of drug-likeness (QED) is 0.461. The van der Waals surface area contributed by atoms with Gasteiger partial charge in [0, 0.05) is 18.3 Å². The van der Waals surface area contributed by atoms with Gasteiger partial charge in [0.05, 0.1) is 10.6 Å². The van der Waals surface area contributed by atoms with Crippen LogP contribution in [0.5, 0.6) is 0 Å². The first-order chi connectivity index (χ1) is 16.0. The van der Waals surface area contributed by atoms with Crippen LogP contribution in [0, 0.1) is 18.8 Å². The SMILES string of the molecule is Cc1cc(Nc2cc(C3CC3)ccn2)nc(-c2cnc(C(O)C3CCC(C(N)=O)CC3)s2)c1. The Labute approximate surface area is 197 Å². The molecule has 2 saturated carbocycles. The number of aryl methyl sites for hydroxylation is 1. The number of pyridine rings is 2. The highest BCUT2D eigenvalue weighted by molar-refractivity contribution is 7.15. The highest BCUT2D eigenvalue weighted by atomic mass is 32.1. The first kappa shape index (κ1) is 22.0. The molecule has 3 heterocycles. The fourth-order valence-corrected chi connectivity index (χ4v) is 5.60. The van der Waals surface area contributed by atoms with Gasteiger partial charge in [0.15, 0.2) is 0 Å². The largest absolute Gasteiger partial charge is 0.386 e. The van der Waals surface area contributed by atoms with Crippen molar-refractivity contribution in [2.75, 3.05) is 5.32 Å². The molecule has 0 radical (unpaired) electrons. The molecule has 2 aliphatic carbocycles. The summed E-state index contributed by atoms with van der Waals surface area (Å²) in [6.07, 6.45) is 8.55. The van der Waals surface area contributed by atoms with Crippen molar-refractivity contribution >= 4 is 28.9 Å². The van der Waals surface area contributed by atoms with Gasteiger partial charge in [-0.2, -0.15) is 0 Å². The highest BCUT2D eigenvalue weighted by Gasteiger charge is 2.31. The maximum Gasteiger partial charge on any atom is 0.220 e. The van der Waals surface area contributed by atoms with Gasteiger partial charge in [-0.1, -0.05) is 0 Å². The third-order valence-electron chi connectivity index (χ3n) is 6.71. The number of aliphatic hydroxyl groups is 1. The molecule has 0 spiro atoms. The van der Waals surface area contributed by atoms with E-state index in [-0.39, 0.29) is 17.7 Å². The van der Waals surface area contributed by atoms with E-state index < -0.39 is 6.10 Å². The summed E-state index contributed by atoms with van der Waals surface area (Å²) in [5, 5.41) is 14.9. The molecule has 0 bridgehead atoms. The number of nitrogens with one attached hydrogen (secondary N) is 1. The van der Waals surface area contributed by atoms with E-state index in [4.69, 9.17) is 10.7 Å². The molecule has 5 rings (SSSR count). The number of hydrogen-bond acceptors (Lipinski definition) is 7. The Bertz CT molecular complexity index is 1150. The lowest BCUT2D eigenvalue weighted by molar-refractivity contribution is -0.123. The van der Waals surface area contributed by atoms with Gasteiger partial charge in [0.25, 0.3) is 0 Å². The van der Waals surface area contributed by atoms with E-state index in [2.05, 4.69) is 27.4 Å². The second-order valence-corrected chi connectivity index (χ2v) is 10.4. The normalized spacial score (nSPS) is 21.5. The fraction of sp³-hybridized carbons (Fsp3) is 0.440. The smallest absolute Gasteiger partial charge is 0.220 e. The van der Waals surface area contributed by atoms with Crippen molar-refractivity contribution in [2.24, 2.45) is 17.6 Å². The molecule has 4 N–H and O–H groups in total. The summed E-state index contributed by atoms with van der Waals surface area (Å²) in [5.74, 6) is 2.02. The summed E-state index contributed by atoms with van der Waals surface area (Å²) in [6, 6.07) is 8.22. The van der Waals surface area contributed by atoms with Gasteiger partial charge in [-0.15, -0.1) is 11.3 Å². The average molecular weight is 464 g/mol. The molecule has 2 aliphatic rings. The number of thiazole rings is 1. The topological polar surface area (TPSA) is 114 Å². The number of anilines is 2. The van der Waals surface area contributed by atoms with E-state index >= 15 is 0 Å². The van der Waals surface area contributed by atoms with E-state index in [0.717, 1.165) is 53.5 Å². The van der Waals surface area contributed by atoms with Gasteiger partial charge in [-0.05, 0) is 92.7 Å². The van der Waals surface area contributed by atoms with Crippen LogP contribution >= 0.6 is 11.3 Å². The Morgan fingerprint density at radius 1 is 1.12 bits per heavy atom. The summed E-state index contributed by atoms with van der Waals surface area (Å²) in [4.78, 5) is 26.1. The summed E-state index contributed by atoms with van der Waals surface area (Å²) in [7, 11) is 0. The number of aliphatic hydroxyl groups excluding tert-OH is 1. The highest BCUT2D eigenvalue weighted by Crippen LogP contribution is 2.41. The minimum Gasteiger partial charge on any atom is -0.386 e. The van der Waals surface area contributed by atoms with E-state index in [1.54, 1.807) is 6.20 Å². The Hall–Kier alpha value is -2.84. The molecule has 8 heteroatoms. The molecule has 3 aromatic rings. The minimum atomic E-state index is -0.630. The van der Waals surface area contributed by atoms with Crippen molar-refractivity contribution in [3.8, 4) is 10.6 Å². The van der Waals surface area contributed by atoms with Gasteiger partial charge in [-0.3, -0.25) is 4.79 Å². The molecule has 1 amide bonds. The number of amides is 1. The maximum atomic E-state index is 11.4. The van der Waals surface area contributed by atoms with Crippen LogP contribution in [0.3, 0.4) is 0 Å². The first-order valence-corrected chi connectivity index (χ1v) is 12.4. The number of rotatable bonds is 7. The number of carbonyl (C=O) groups excluding carboxylic acids is 1. The lowest BCUT2D eigenvalue weighted by Gasteiger charge is -2.29. The summed E-state index contributed by atoms with van der Waals surface area (Å²) >= 11 is 1.47. The van der Waals surface area contributed by atoms with Crippen LogP contribution in [0.4, 0.5) is 11.6 Å². The van der Waals surface area contributed by atoms with Crippen LogP contribution in [-0.4, -0.2) is 26.0 Å². The zero-order valence-corrected chi connectivity index (χ0v) is 19.5. The molecular formula is C25H29N5O2S. The zero-order chi connectivity index (χ0) is 22.9.